The smallest absolute Gasteiger partial charge is 0.264 e. The van der Waals surface area contributed by atoms with Crippen molar-refractivity contribution in [2.45, 2.75) is 4.90 Å². The minimum atomic E-state index is -3.89. The molecule has 0 aromatic heterocycles. The highest BCUT2D eigenvalue weighted by Gasteiger charge is 2.22. The second-order valence-corrected chi connectivity index (χ2v) is 9.09. The molecule has 0 aliphatic carbocycles. The lowest BCUT2D eigenvalue weighted by molar-refractivity contribution is 0.102. The monoisotopic (exact) mass is 464 g/mol. The number of methoxy groups -OCH3 is 1. The molecule has 30 heavy (non-hydrogen) atoms. The number of sulfonamides is 1. The van der Waals surface area contributed by atoms with E-state index in [1.807, 2.05) is 0 Å². The molecule has 0 aliphatic heterocycles. The minimum Gasteiger partial charge on any atom is -0.497 e. The molecule has 156 valence electrons. The first-order valence-corrected chi connectivity index (χ1v) is 10.9. The highest BCUT2D eigenvalue weighted by Crippen LogP contribution is 2.27. The van der Waals surface area contributed by atoms with E-state index in [1.54, 1.807) is 36.4 Å². The summed E-state index contributed by atoms with van der Waals surface area (Å²) in [5.41, 5.74) is 0.949. The number of hydrogen-bond acceptors (Lipinski definition) is 4. The Morgan fingerprint density at radius 1 is 1.00 bits per heavy atom. The average molecular weight is 465 g/mol. The molecule has 0 atom stereocenters. The highest BCUT2D eigenvalue weighted by molar-refractivity contribution is 7.92. The van der Waals surface area contributed by atoms with Crippen LogP contribution in [-0.4, -0.2) is 28.5 Å². The molecule has 3 aromatic carbocycles. The topological polar surface area (TPSA) is 75.7 Å². The van der Waals surface area contributed by atoms with Gasteiger partial charge in [-0.3, -0.25) is 9.10 Å². The molecule has 0 saturated carbocycles. The lowest BCUT2D eigenvalue weighted by Crippen LogP contribution is -2.26. The Morgan fingerprint density at radius 3 is 2.37 bits per heavy atom. The molecule has 1 amide bonds. The van der Waals surface area contributed by atoms with Crippen molar-refractivity contribution in [1.82, 2.24) is 0 Å². The van der Waals surface area contributed by atoms with Crippen LogP contribution in [0, 0.1) is 0 Å². The van der Waals surface area contributed by atoms with Gasteiger partial charge < -0.3 is 10.1 Å². The Balaban J connectivity index is 1.87. The first-order chi connectivity index (χ1) is 14.2. The van der Waals surface area contributed by atoms with E-state index < -0.39 is 15.9 Å². The maximum atomic E-state index is 13.0. The Labute approximate surface area is 185 Å². The molecule has 0 fully saturated rings. The van der Waals surface area contributed by atoms with E-state index in [0.717, 1.165) is 4.31 Å². The zero-order valence-electron chi connectivity index (χ0n) is 16.1. The van der Waals surface area contributed by atoms with Crippen molar-refractivity contribution in [2.75, 3.05) is 23.8 Å². The van der Waals surface area contributed by atoms with E-state index in [9.17, 15) is 13.2 Å². The van der Waals surface area contributed by atoms with Crippen molar-refractivity contribution in [2.24, 2.45) is 0 Å². The Hall–Kier alpha value is -2.74. The Bertz CT molecular complexity index is 1180. The van der Waals surface area contributed by atoms with Crippen LogP contribution in [0.1, 0.15) is 10.4 Å². The highest BCUT2D eigenvalue weighted by atomic mass is 35.5. The van der Waals surface area contributed by atoms with Gasteiger partial charge in [-0.15, -0.1) is 0 Å². The van der Waals surface area contributed by atoms with Crippen LogP contribution in [0.15, 0.2) is 71.6 Å². The summed E-state index contributed by atoms with van der Waals surface area (Å²) < 4.78 is 32.3. The summed E-state index contributed by atoms with van der Waals surface area (Å²) in [6.45, 7) is 0. The molecule has 3 rings (SSSR count). The Morgan fingerprint density at radius 2 is 1.70 bits per heavy atom. The lowest BCUT2D eigenvalue weighted by Gasteiger charge is -2.20. The summed E-state index contributed by atoms with van der Waals surface area (Å²) in [5, 5.41) is 3.37. The molecule has 0 heterocycles. The van der Waals surface area contributed by atoms with Crippen LogP contribution in [0.2, 0.25) is 10.0 Å². The Kier molecular flexibility index (Phi) is 6.55. The molecule has 0 saturated heterocycles. The second kappa shape index (κ2) is 8.95. The summed E-state index contributed by atoms with van der Waals surface area (Å²) in [6.07, 6.45) is 0. The van der Waals surface area contributed by atoms with Gasteiger partial charge in [-0.05, 0) is 60.7 Å². The predicted octanol–water partition coefficient (Wildman–Crippen LogP) is 5.08. The van der Waals surface area contributed by atoms with Crippen molar-refractivity contribution in [3.8, 4) is 5.75 Å². The number of halogens is 2. The molecule has 0 radical (unpaired) electrons. The number of rotatable bonds is 6. The number of ether oxygens (including phenoxy) is 1. The third-order valence-corrected chi connectivity index (χ3v) is 6.71. The number of amides is 1. The van der Waals surface area contributed by atoms with E-state index in [4.69, 9.17) is 27.9 Å². The molecular formula is C21H18Cl2N2O4S. The van der Waals surface area contributed by atoms with Gasteiger partial charge >= 0.3 is 0 Å². The van der Waals surface area contributed by atoms with Gasteiger partial charge in [-0.1, -0.05) is 29.3 Å². The van der Waals surface area contributed by atoms with Gasteiger partial charge in [0.1, 0.15) is 5.75 Å². The van der Waals surface area contributed by atoms with E-state index in [1.165, 1.54) is 44.5 Å². The van der Waals surface area contributed by atoms with Crippen LogP contribution in [0.3, 0.4) is 0 Å². The van der Waals surface area contributed by atoms with Crippen LogP contribution in [-0.2, 0) is 10.0 Å². The molecule has 0 spiro atoms. The van der Waals surface area contributed by atoms with Crippen LogP contribution < -0.4 is 14.4 Å². The maximum Gasteiger partial charge on any atom is 0.264 e. The first kappa shape index (κ1) is 22.0. The molecule has 0 aliphatic rings. The summed E-state index contributed by atoms with van der Waals surface area (Å²) in [4.78, 5) is 12.6. The minimum absolute atomic E-state index is 0.0225. The molecule has 9 heteroatoms. The van der Waals surface area contributed by atoms with E-state index in [2.05, 4.69) is 5.32 Å². The van der Waals surface area contributed by atoms with Gasteiger partial charge in [0.25, 0.3) is 15.9 Å². The van der Waals surface area contributed by atoms with Gasteiger partial charge in [0.05, 0.1) is 28.4 Å². The largest absolute Gasteiger partial charge is 0.497 e. The van der Waals surface area contributed by atoms with Gasteiger partial charge in [-0.25, -0.2) is 8.42 Å². The molecule has 1 N–H and O–H groups in total. The van der Waals surface area contributed by atoms with Crippen molar-refractivity contribution in [3.63, 3.8) is 0 Å². The molecule has 0 bridgehead atoms. The van der Waals surface area contributed by atoms with Crippen LogP contribution in [0.5, 0.6) is 5.75 Å². The third-order valence-electron chi connectivity index (χ3n) is 4.37. The van der Waals surface area contributed by atoms with Crippen molar-refractivity contribution >= 4 is 50.5 Å². The van der Waals surface area contributed by atoms with Crippen molar-refractivity contribution in [1.29, 1.82) is 0 Å². The fourth-order valence-corrected chi connectivity index (χ4v) is 4.25. The summed E-state index contributed by atoms with van der Waals surface area (Å²) >= 11 is 12.0. The summed E-state index contributed by atoms with van der Waals surface area (Å²) in [6, 6.07) is 17.0. The number of nitrogens with one attached hydrogen (secondary N) is 1. The molecule has 6 nitrogen and oxygen atoms in total. The van der Waals surface area contributed by atoms with E-state index in [0.29, 0.717) is 27.2 Å². The first-order valence-electron chi connectivity index (χ1n) is 8.72. The zero-order valence-corrected chi connectivity index (χ0v) is 18.4. The van der Waals surface area contributed by atoms with Gasteiger partial charge in [-0.2, -0.15) is 0 Å². The third kappa shape index (κ3) is 4.70. The second-order valence-electron chi connectivity index (χ2n) is 6.28. The fraction of sp³-hybridized carbons (Fsp3) is 0.0952. The molecule has 3 aromatic rings. The SMILES string of the molecule is COc1ccc(N(C)S(=O)(=O)c2cccc(C(=O)Nc3cc(Cl)ccc3Cl)c2)cc1. The molecular weight excluding hydrogens is 447 g/mol. The molecule has 0 unspecified atom stereocenters. The number of hydrogen-bond donors (Lipinski definition) is 1. The summed E-state index contributed by atoms with van der Waals surface area (Å²) in [7, 11) is -0.920. The average Bonchev–Trinajstić information content (AvgIpc) is 2.75. The maximum absolute atomic E-state index is 13.0. The number of carbonyl (C=O) groups excluding carboxylic acids is 1. The van der Waals surface area contributed by atoms with Gasteiger partial charge in [0.15, 0.2) is 0 Å². The zero-order chi connectivity index (χ0) is 21.9. The summed E-state index contributed by atoms with van der Waals surface area (Å²) in [5.74, 6) is 0.103. The number of anilines is 2. The van der Waals surface area contributed by atoms with Gasteiger partial charge in [0, 0.05) is 17.6 Å². The van der Waals surface area contributed by atoms with Crippen LogP contribution in [0.25, 0.3) is 0 Å². The van der Waals surface area contributed by atoms with Crippen LogP contribution >= 0.6 is 23.2 Å². The van der Waals surface area contributed by atoms with Crippen molar-refractivity contribution < 1.29 is 17.9 Å². The van der Waals surface area contributed by atoms with E-state index in [-0.39, 0.29) is 10.5 Å². The number of benzene rings is 3. The normalized spacial score (nSPS) is 11.1. The standard InChI is InChI=1S/C21H18Cl2N2O4S/c1-25(16-7-9-17(29-2)10-8-16)30(27,28)18-5-3-4-14(12-18)21(26)24-20-13-15(22)6-11-19(20)23/h3-13H,1-2H3,(H,24,26). The quantitative estimate of drug-likeness (QED) is 0.551. The number of carbonyl (C=O) groups is 1. The number of nitrogens with zero attached hydrogens (tertiary/aromatic N) is 1. The lowest BCUT2D eigenvalue weighted by atomic mass is 10.2. The predicted molar refractivity (Wildman–Crippen MR) is 119 cm³/mol. The van der Waals surface area contributed by atoms with Crippen LogP contribution in [0.4, 0.5) is 11.4 Å². The van der Waals surface area contributed by atoms with E-state index >= 15 is 0 Å². The van der Waals surface area contributed by atoms with Gasteiger partial charge in [0.2, 0.25) is 0 Å². The fourth-order valence-electron chi connectivity index (χ4n) is 2.67. The van der Waals surface area contributed by atoms with Crippen molar-refractivity contribution in [3.05, 3.63) is 82.3 Å².